The molecule has 64 valence electrons. The second kappa shape index (κ2) is 8.06. The lowest BCUT2D eigenvalue weighted by atomic mass is 10.1. The first-order valence-corrected chi connectivity index (χ1v) is 5.08. The molecule has 0 aromatic rings. The second-order valence-corrected chi connectivity index (χ2v) is 3.56. The summed E-state index contributed by atoms with van der Waals surface area (Å²) >= 11 is 3.39. The number of allylic oxidation sites excluding steroid dienone is 3. The summed E-state index contributed by atoms with van der Waals surface area (Å²) in [6, 6.07) is 0. The first-order chi connectivity index (χ1) is 5.31. The number of hydrogen-bond acceptors (Lipinski definition) is 0. The highest BCUT2D eigenvalue weighted by Gasteiger charge is 1.86. The van der Waals surface area contributed by atoms with Gasteiger partial charge in [0.05, 0.1) is 0 Å². The lowest BCUT2D eigenvalue weighted by Crippen LogP contribution is -1.74. The van der Waals surface area contributed by atoms with Gasteiger partial charge in [-0.15, -0.1) is 0 Å². The topological polar surface area (TPSA) is 0 Å². The molecule has 0 saturated carbocycles. The summed E-state index contributed by atoms with van der Waals surface area (Å²) in [5.41, 5.74) is 0. The van der Waals surface area contributed by atoms with E-state index in [0.717, 1.165) is 4.48 Å². The van der Waals surface area contributed by atoms with E-state index in [1.54, 1.807) is 0 Å². The normalized spacial score (nSPS) is 11.6. The zero-order valence-corrected chi connectivity index (χ0v) is 8.86. The van der Waals surface area contributed by atoms with Crippen molar-refractivity contribution >= 4 is 15.9 Å². The quantitative estimate of drug-likeness (QED) is 0.456. The molecule has 0 nitrogen and oxygen atoms in total. The van der Waals surface area contributed by atoms with Crippen LogP contribution in [0.3, 0.4) is 0 Å². The molecule has 0 N–H and O–H groups in total. The van der Waals surface area contributed by atoms with Crippen LogP contribution in [0, 0.1) is 0 Å². The molecular weight excluding hydrogens is 200 g/mol. The number of unbranched alkanes of at least 4 members (excludes halogenated alkanes) is 4. The fourth-order valence-electron chi connectivity index (χ4n) is 0.894. The number of hydrogen-bond donors (Lipinski definition) is 0. The molecule has 0 heterocycles. The molecule has 0 amide bonds. The monoisotopic (exact) mass is 216 g/mol. The Hall–Kier alpha value is -0.0400. The zero-order valence-electron chi connectivity index (χ0n) is 7.28. The molecule has 0 saturated heterocycles. The Bertz CT molecular complexity index is 125. The van der Waals surface area contributed by atoms with Crippen molar-refractivity contribution in [1.82, 2.24) is 0 Å². The Morgan fingerprint density at radius 2 is 2.09 bits per heavy atom. The molecule has 0 spiro atoms. The van der Waals surface area contributed by atoms with E-state index in [2.05, 4.69) is 35.5 Å². The van der Waals surface area contributed by atoms with Crippen molar-refractivity contribution in [2.45, 2.75) is 39.0 Å². The van der Waals surface area contributed by atoms with Crippen LogP contribution in [0.2, 0.25) is 0 Å². The predicted molar refractivity (Wildman–Crippen MR) is 56.0 cm³/mol. The molecule has 0 aliphatic carbocycles. The van der Waals surface area contributed by atoms with Gasteiger partial charge in [0, 0.05) is 4.48 Å². The highest BCUT2D eigenvalue weighted by atomic mass is 79.9. The summed E-state index contributed by atoms with van der Waals surface area (Å²) < 4.78 is 1.12. The average molecular weight is 217 g/mol. The van der Waals surface area contributed by atoms with Crippen LogP contribution >= 0.6 is 15.9 Å². The minimum absolute atomic E-state index is 1.12. The lowest BCUT2D eigenvalue weighted by molar-refractivity contribution is 0.674. The molecular formula is C10H17Br. The fraction of sp³-hybridized carbons (Fsp3) is 0.600. The molecule has 0 radical (unpaired) electrons. The Kier molecular flexibility index (Phi) is 8.03. The van der Waals surface area contributed by atoms with Gasteiger partial charge in [-0.25, -0.2) is 0 Å². The van der Waals surface area contributed by atoms with Crippen molar-refractivity contribution in [3.8, 4) is 0 Å². The maximum absolute atomic E-state index is 3.66. The third-order valence-electron chi connectivity index (χ3n) is 1.59. The smallest absolute Gasteiger partial charge is 0.0129 e. The van der Waals surface area contributed by atoms with Crippen molar-refractivity contribution < 1.29 is 0 Å². The highest BCUT2D eigenvalue weighted by Crippen LogP contribution is 2.09. The van der Waals surface area contributed by atoms with E-state index < -0.39 is 0 Å². The minimum atomic E-state index is 1.12. The molecule has 0 atom stereocenters. The maximum atomic E-state index is 3.66. The van der Waals surface area contributed by atoms with Crippen LogP contribution in [0.4, 0.5) is 0 Å². The van der Waals surface area contributed by atoms with E-state index in [9.17, 15) is 0 Å². The molecule has 0 rings (SSSR count). The number of halogens is 1. The Labute approximate surface area is 78.5 Å². The average Bonchev–Trinajstić information content (AvgIpc) is 2.04. The number of rotatable bonds is 6. The first-order valence-electron chi connectivity index (χ1n) is 4.29. The first kappa shape index (κ1) is 11.0. The van der Waals surface area contributed by atoms with E-state index in [1.807, 2.05) is 6.08 Å². The summed E-state index contributed by atoms with van der Waals surface area (Å²) in [6.07, 6.45) is 10.5. The summed E-state index contributed by atoms with van der Waals surface area (Å²) in [7, 11) is 0. The van der Waals surface area contributed by atoms with E-state index in [1.165, 1.54) is 32.1 Å². The summed E-state index contributed by atoms with van der Waals surface area (Å²) in [5, 5.41) is 0. The van der Waals surface area contributed by atoms with Crippen molar-refractivity contribution in [1.29, 1.82) is 0 Å². The van der Waals surface area contributed by atoms with Crippen LogP contribution in [0.1, 0.15) is 39.0 Å². The minimum Gasteiger partial charge on any atom is -0.0980 e. The van der Waals surface area contributed by atoms with Crippen molar-refractivity contribution in [3.63, 3.8) is 0 Å². The van der Waals surface area contributed by atoms with Gasteiger partial charge in [-0.3, -0.25) is 0 Å². The van der Waals surface area contributed by atoms with E-state index in [4.69, 9.17) is 0 Å². The van der Waals surface area contributed by atoms with Crippen LogP contribution in [-0.2, 0) is 0 Å². The van der Waals surface area contributed by atoms with Gasteiger partial charge in [-0.05, 0) is 12.8 Å². The maximum Gasteiger partial charge on any atom is 0.0129 e. The molecule has 11 heavy (non-hydrogen) atoms. The predicted octanol–water partition coefficient (Wildman–Crippen LogP) is 4.42. The third kappa shape index (κ3) is 7.86. The van der Waals surface area contributed by atoms with Gasteiger partial charge in [-0.1, -0.05) is 60.8 Å². The highest BCUT2D eigenvalue weighted by molar-refractivity contribution is 9.11. The molecule has 0 bridgehead atoms. The molecule has 0 aliphatic rings. The largest absolute Gasteiger partial charge is 0.0980 e. The molecule has 0 aliphatic heterocycles. The van der Waals surface area contributed by atoms with Gasteiger partial charge in [-0.2, -0.15) is 0 Å². The van der Waals surface area contributed by atoms with Gasteiger partial charge in [0.15, 0.2) is 0 Å². The van der Waals surface area contributed by atoms with Crippen LogP contribution in [0.25, 0.3) is 0 Å². The molecule has 0 fully saturated rings. The van der Waals surface area contributed by atoms with Crippen LogP contribution in [-0.4, -0.2) is 0 Å². The molecule has 0 aromatic carbocycles. The van der Waals surface area contributed by atoms with Crippen LogP contribution < -0.4 is 0 Å². The third-order valence-corrected chi connectivity index (χ3v) is 2.24. The van der Waals surface area contributed by atoms with E-state index >= 15 is 0 Å². The Balaban J connectivity index is 3.19. The molecule has 1 heteroatoms. The van der Waals surface area contributed by atoms with Gasteiger partial charge in [0.1, 0.15) is 0 Å². The second-order valence-electron chi connectivity index (χ2n) is 2.64. The van der Waals surface area contributed by atoms with Crippen molar-refractivity contribution in [2.24, 2.45) is 0 Å². The van der Waals surface area contributed by atoms with Crippen molar-refractivity contribution in [3.05, 3.63) is 23.2 Å². The van der Waals surface area contributed by atoms with Crippen molar-refractivity contribution in [2.75, 3.05) is 0 Å². The Morgan fingerprint density at radius 3 is 2.64 bits per heavy atom. The molecule has 0 unspecified atom stereocenters. The van der Waals surface area contributed by atoms with E-state index in [-0.39, 0.29) is 0 Å². The standard InChI is InChI=1S/C10H17Br/c1-3-5-6-7-8-9-10(11)4-2/h4,9H,2-3,5-8H2,1H3/b10-9-. The summed E-state index contributed by atoms with van der Waals surface area (Å²) in [5.74, 6) is 0. The van der Waals surface area contributed by atoms with E-state index in [0.29, 0.717) is 0 Å². The summed E-state index contributed by atoms with van der Waals surface area (Å²) in [4.78, 5) is 0. The van der Waals surface area contributed by atoms with Gasteiger partial charge >= 0.3 is 0 Å². The zero-order chi connectivity index (χ0) is 8.53. The van der Waals surface area contributed by atoms with Gasteiger partial charge in [0.25, 0.3) is 0 Å². The van der Waals surface area contributed by atoms with Gasteiger partial charge in [0.2, 0.25) is 0 Å². The molecule has 0 aromatic heterocycles. The summed E-state index contributed by atoms with van der Waals surface area (Å²) in [6.45, 7) is 5.89. The lowest BCUT2D eigenvalue weighted by Gasteiger charge is -1.94. The SMILES string of the molecule is C=C/C(Br)=C/CCCCCC. The van der Waals surface area contributed by atoms with Crippen LogP contribution in [0.5, 0.6) is 0 Å². The van der Waals surface area contributed by atoms with Crippen LogP contribution in [0.15, 0.2) is 23.2 Å². The fourth-order valence-corrected chi connectivity index (χ4v) is 1.12. The Morgan fingerprint density at radius 1 is 1.36 bits per heavy atom. The van der Waals surface area contributed by atoms with Gasteiger partial charge < -0.3 is 0 Å².